The van der Waals surface area contributed by atoms with Crippen molar-refractivity contribution in [1.82, 2.24) is 40.4 Å². The van der Waals surface area contributed by atoms with E-state index in [1.807, 2.05) is 58.0 Å². The van der Waals surface area contributed by atoms with Crippen LogP contribution < -0.4 is 25.6 Å². The fourth-order valence-electron chi connectivity index (χ4n) is 9.93. The molecule has 454 valence electrons. The first-order valence-electron chi connectivity index (χ1n) is 28.4. The Bertz CT molecular complexity index is 3350. The number of amides is 5. The molecule has 8 rings (SSSR count). The molecule has 3 aromatic heterocycles. The number of aromatic nitrogens is 4. The zero-order valence-corrected chi connectivity index (χ0v) is 49.7. The summed E-state index contributed by atoms with van der Waals surface area (Å²) in [6.45, 7) is 11.3. The van der Waals surface area contributed by atoms with Crippen LogP contribution in [0.5, 0.6) is 5.75 Å². The number of thiazole rings is 1. The van der Waals surface area contributed by atoms with E-state index in [4.69, 9.17) is 23.7 Å². The van der Waals surface area contributed by atoms with Crippen molar-refractivity contribution < 1.29 is 57.2 Å². The Labute approximate surface area is 503 Å². The highest BCUT2D eigenvalue weighted by Gasteiger charge is 2.44. The lowest BCUT2D eigenvalue weighted by Gasteiger charge is -2.37. The number of piperazine rings is 1. The van der Waals surface area contributed by atoms with Gasteiger partial charge in [0.2, 0.25) is 23.6 Å². The molecule has 3 atom stereocenters. The first-order chi connectivity index (χ1) is 41.5. The second kappa shape index (κ2) is 30.7. The Balaban J connectivity index is 0.696. The summed E-state index contributed by atoms with van der Waals surface area (Å²) in [4.78, 5) is 91.1. The largest absolute Gasteiger partial charge is 0.496 e. The van der Waals surface area contributed by atoms with Gasteiger partial charge in [0.1, 0.15) is 29.3 Å². The van der Waals surface area contributed by atoms with Gasteiger partial charge in [0.05, 0.1) is 117 Å². The van der Waals surface area contributed by atoms with Gasteiger partial charge in [-0.05, 0) is 65.4 Å². The highest BCUT2D eigenvalue weighted by atomic mass is 32.1. The lowest BCUT2D eigenvalue weighted by Crippen LogP contribution is -2.57. The Hall–Kier alpha value is -8.31. The smallest absolute Gasteiger partial charge is 0.274 e. The van der Waals surface area contributed by atoms with Crippen LogP contribution in [0.1, 0.15) is 67.3 Å². The van der Waals surface area contributed by atoms with Crippen molar-refractivity contribution >= 4 is 52.2 Å². The molecule has 0 saturated carbocycles. The quantitative estimate of drug-likeness (QED) is 0.0417. The minimum absolute atomic E-state index is 0.00727. The van der Waals surface area contributed by atoms with Crippen LogP contribution in [0.4, 0.5) is 15.8 Å². The van der Waals surface area contributed by atoms with E-state index >= 15 is 0 Å². The summed E-state index contributed by atoms with van der Waals surface area (Å²) in [6.07, 6.45) is 3.89. The summed E-state index contributed by atoms with van der Waals surface area (Å²) in [6, 6.07) is 21.0. The molecular weight excluding hydrogens is 1130 g/mol. The highest BCUT2D eigenvalue weighted by molar-refractivity contribution is 7.13. The molecule has 2 aliphatic rings. The number of nitriles is 1. The fraction of sp³-hybridized carbons (Fsp3) is 0.419. The summed E-state index contributed by atoms with van der Waals surface area (Å²) in [7, 11) is 1.40. The van der Waals surface area contributed by atoms with Gasteiger partial charge in [-0.15, -0.1) is 11.3 Å². The summed E-state index contributed by atoms with van der Waals surface area (Å²) in [5.74, 6) is -2.26. The van der Waals surface area contributed by atoms with E-state index in [-0.39, 0.29) is 100 Å². The number of likely N-dealkylation sites (tertiary alicyclic amines) is 1. The van der Waals surface area contributed by atoms with Gasteiger partial charge in [0, 0.05) is 76.3 Å². The number of halogens is 1. The number of nitrogens with one attached hydrogen (secondary N) is 3. The van der Waals surface area contributed by atoms with Gasteiger partial charge < -0.3 is 59.4 Å². The maximum atomic E-state index is 14.9. The molecule has 5 amide bonds. The van der Waals surface area contributed by atoms with Gasteiger partial charge in [-0.25, -0.2) is 19.3 Å². The monoisotopic (exact) mass is 1200 g/mol. The summed E-state index contributed by atoms with van der Waals surface area (Å²) >= 11 is 1.56. The van der Waals surface area contributed by atoms with E-state index in [2.05, 4.69) is 46.9 Å². The third kappa shape index (κ3) is 17.0. The van der Waals surface area contributed by atoms with E-state index in [1.54, 1.807) is 58.4 Å². The average Bonchev–Trinajstić information content (AvgIpc) is 1.69. The predicted octanol–water partition coefficient (Wildman–Crippen LogP) is 6.21. The number of carbonyl (C=O) groups excluding carboxylic acids is 5. The lowest BCUT2D eigenvalue weighted by molar-refractivity contribution is -0.144. The second-order valence-corrected chi connectivity index (χ2v) is 22.4. The first kappa shape index (κ1) is 63.7. The Morgan fingerprint density at radius 3 is 2.20 bits per heavy atom. The van der Waals surface area contributed by atoms with Gasteiger partial charge >= 0.3 is 0 Å². The van der Waals surface area contributed by atoms with E-state index in [1.165, 1.54) is 36.4 Å². The molecule has 5 heterocycles. The number of anilines is 2. The van der Waals surface area contributed by atoms with Crippen molar-refractivity contribution in [2.75, 3.05) is 103 Å². The summed E-state index contributed by atoms with van der Waals surface area (Å²) < 4.78 is 42.8. The molecule has 6 aromatic rings. The maximum Gasteiger partial charge on any atom is 0.274 e. The van der Waals surface area contributed by atoms with Gasteiger partial charge in [0.15, 0.2) is 5.82 Å². The van der Waals surface area contributed by atoms with E-state index in [9.17, 15) is 38.7 Å². The number of aryl methyl sites for hydroxylation is 1. The molecular formula is C62H72FN11O11S. The second-order valence-electron chi connectivity index (χ2n) is 21.6. The summed E-state index contributed by atoms with van der Waals surface area (Å²) in [5.41, 5.74) is 6.84. The normalized spacial score (nSPS) is 15.4. The predicted molar refractivity (Wildman–Crippen MR) is 319 cm³/mol. The lowest BCUT2D eigenvalue weighted by atomic mass is 9.85. The maximum absolute atomic E-state index is 14.9. The van der Waals surface area contributed by atoms with Crippen molar-refractivity contribution in [2.24, 2.45) is 5.41 Å². The minimum Gasteiger partial charge on any atom is -0.496 e. The zero-order valence-electron chi connectivity index (χ0n) is 48.9. The van der Waals surface area contributed by atoms with Gasteiger partial charge in [-0.3, -0.25) is 29.0 Å². The van der Waals surface area contributed by atoms with E-state index in [0.29, 0.717) is 74.1 Å². The standard InChI is InChI=1S/C62H72FN11O11S/c1-40-56(86-39-68-40)42-11-9-41(10-12-42)36-67-60(79)51-34-45(75)38-74(51)61(80)57(62(2,3)4)71-53(76)17-25-82-27-29-84-31-32-85-30-28-83-26-18-54(77)73-23-21-72(22-24-73)50-33-43(46-37-65-19-15-44(46)35-64)13-14-48(50)70-59(78)49-16-20-66-58(69-49)55-47(63)7-6-8-52(55)81-5/h6-16,19-20,33,37,39,45,51,57,75H,17-18,21-32,34,36,38H2,1-5H3,(H,67,79)(H,70,78)(H,71,76)/t45-,51+,57-/m1/s1. The average molecular weight is 1200 g/mol. The number of aliphatic hydroxyl groups is 1. The van der Waals surface area contributed by atoms with Crippen LogP contribution >= 0.6 is 11.3 Å². The molecule has 0 aliphatic carbocycles. The molecule has 2 fully saturated rings. The molecule has 2 saturated heterocycles. The van der Waals surface area contributed by atoms with Crippen LogP contribution in [0, 0.1) is 29.5 Å². The van der Waals surface area contributed by atoms with Gasteiger partial charge in [-0.2, -0.15) is 5.26 Å². The van der Waals surface area contributed by atoms with Crippen molar-refractivity contribution in [3.63, 3.8) is 0 Å². The van der Waals surface area contributed by atoms with Gasteiger partial charge in [-0.1, -0.05) is 57.2 Å². The third-order valence-corrected chi connectivity index (χ3v) is 15.5. The van der Waals surface area contributed by atoms with E-state index < -0.39 is 47.1 Å². The topological polar surface area (TPSA) is 273 Å². The zero-order chi connectivity index (χ0) is 61.2. The van der Waals surface area contributed by atoms with Crippen LogP contribution in [-0.4, -0.2) is 175 Å². The number of hydrogen-bond donors (Lipinski definition) is 4. The van der Waals surface area contributed by atoms with Gasteiger partial charge in [0.25, 0.3) is 5.91 Å². The highest BCUT2D eigenvalue weighted by Crippen LogP contribution is 2.35. The molecule has 0 unspecified atom stereocenters. The van der Waals surface area contributed by atoms with Crippen LogP contribution in [0.15, 0.2) is 96.9 Å². The molecule has 22 nitrogen and oxygen atoms in total. The number of hydrogen-bond acceptors (Lipinski definition) is 18. The molecule has 4 N–H and O–H groups in total. The molecule has 2 aliphatic heterocycles. The number of pyridine rings is 1. The SMILES string of the molecule is COc1cccc(F)c1-c1nccc(C(=O)Nc2ccc(-c3cnccc3C#N)cc2N2CCN(C(=O)CCOCCOCCOCCOCCC(=O)N[C@H](C(=O)N3C[C@H](O)C[C@H]3C(=O)NCc3ccc(-c4scnc4C)cc3)C(C)(C)C)CC2)n1. The Kier molecular flexibility index (Phi) is 22.7. The molecule has 0 spiro atoms. The number of carbonyl (C=O) groups is 5. The summed E-state index contributed by atoms with van der Waals surface area (Å²) in [5, 5.41) is 29.2. The number of ether oxygens (including phenoxy) is 5. The third-order valence-electron chi connectivity index (χ3n) is 14.5. The molecule has 3 aromatic carbocycles. The Morgan fingerprint density at radius 2 is 1.53 bits per heavy atom. The molecule has 86 heavy (non-hydrogen) atoms. The number of aliphatic hydroxyl groups excluding tert-OH is 1. The van der Waals surface area contributed by atoms with Crippen molar-refractivity contribution in [2.45, 2.75) is 71.7 Å². The molecule has 0 bridgehead atoms. The van der Waals surface area contributed by atoms with Crippen molar-refractivity contribution in [1.29, 1.82) is 5.26 Å². The van der Waals surface area contributed by atoms with Crippen molar-refractivity contribution in [3.05, 3.63) is 125 Å². The van der Waals surface area contributed by atoms with E-state index in [0.717, 1.165) is 21.7 Å². The van der Waals surface area contributed by atoms with Crippen LogP contribution in [0.3, 0.4) is 0 Å². The number of methoxy groups -OCH3 is 1. The fourth-order valence-corrected chi connectivity index (χ4v) is 10.7. The van der Waals surface area contributed by atoms with Crippen LogP contribution in [0.25, 0.3) is 33.0 Å². The minimum atomic E-state index is -0.960. The van der Waals surface area contributed by atoms with Crippen LogP contribution in [-0.2, 0) is 44.7 Å². The number of nitrogens with zero attached hydrogens (tertiary/aromatic N) is 8. The van der Waals surface area contributed by atoms with Crippen molar-refractivity contribution in [3.8, 4) is 44.8 Å². The number of benzene rings is 3. The first-order valence-corrected chi connectivity index (χ1v) is 29.2. The number of β-amino-alcohol motifs (C(OH)–C–C–N with tert-alkyl or cyclic N) is 1. The molecule has 0 radical (unpaired) electrons. The number of rotatable bonds is 27. The van der Waals surface area contributed by atoms with Crippen LogP contribution in [0.2, 0.25) is 0 Å². The Morgan fingerprint density at radius 1 is 0.849 bits per heavy atom. The molecule has 24 heteroatoms.